The lowest BCUT2D eigenvalue weighted by molar-refractivity contribution is -0.120. The SMILES string of the molecule is Cc1nn(C)c2ncc(NC(=O)[C@@H](C)N(C)Cc3ccccc3)cc12. The van der Waals surface area contributed by atoms with Gasteiger partial charge < -0.3 is 5.32 Å². The van der Waals surface area contributed by atoms with E-state index in [1.807, 2.05) is 57.1 Å². The zero-order valence-electron chi connectivity index (χ0n) is 15.0. The summed E-state index contributed by atoms with van der Waals surface area (Å²) in [5.41, 5.74) is 3.58. The third kappa shape index (κ3) is 3.69. The molecule has 25 heavy (non-hydrogen) atoms. The summed E-state index contributed by atoms with van der Waals surface area (Å²) in [7, 11) is 3.81. The van der Waals surface area contributed by atoms with Crippen molar-refractivity contribution in [2.45, 2.75) is 26.4 Å². The predicted molar refractivity (Wildman–Crippen MR) is 99.2 cm³/mol. The van der Waals surface area contributed by atoms with Crippen molar-refractivity contribution in [2.24, 2.45) is 7.05 Å². The molecule has 0 aliphatic heterocycles. The molecule has 0 radical (unpaired) electrons. The number of carbonyl (C=O) groups excluding carboxylic acids is 1. The number of anilines is 1. The lowest BCUT2D eigenvalue weighted by Gasteiger charge is -2.23. The number of likely N-dealkylation sites (N-methyl/N-ethyl adjacent to an activating group) is 1. The minimum absolute atomic E-state index is 0.0545. The molecule has 0 fully saturated rings. The highest BCUT2D eigenvalue weighted by atomic mass is 16.2. The van der Waals surface area contributed by atoms with E-state index in [0.717, 1.165) is 16.7 Å². The molecular formula is C19H23N5O. The molecule has 1 amide bonds. The molecule has 1 aromatic carbocycles. The van der Waals surface area contributed by atoms with Crippen LogP contribution in [0.2, 0.25) is 0 Å². The van der Waals surface area contributed by atoms with E-state index in [2.05, 4.69) is 27.5 Å². The fourth-order valence-corrected chi connectivity index (χ4v) is 2.83. The molecule has 0 unspecified atom stereocenters. The number of aryl methyl sites for hydroxylation is 2. The molecule has 0 bridgehead atoms. The summed E-state index contributed by atoms with van der Waals surface area (Å²) in [5.74, 6) is -0.0545. The number of amides is 1. The van der Waals surface area contributed by atoms with Gasteiger partial charge in [0.1, 0.15) is 0 Å². The van der Waals surface area contributed by atoms with Gasteiger partial charge in [-0.15, -0.1) is 0 Å². The molecule has 6 nitrogen and oxygen atoms in total. The van der Waals surface area contributed by atoms with Crippen LogP contribution in [0.4, 0.5) is 5.69 Å². The van der Waals surface area contributed by atoms with Gasteiger partial charge in [-0.05, 0) is 32.5 Å². The Hall–Kier alpha value is -2.73. The van der Waals surface area contributed by atoms with E-state index >= 15 is 0 Å². The molecule has 0 saturated carbocycles. The number of nitrogens with one attached hydrogen (secondary N) is 1. The average Bonchev–Trinajstić information content (AvgIpc) is 2.89. The van der Waals surface area contributed by atoms with Crippen LogP contribution in [0.15, 0.2) is 42.6 Å². The van der Waals surface area contributed by atoms with E-state index in [-0.39, 0.29) is 11.9 Å². The fourth-order valence-electron chi connectivity index (χ4n) is 2.83. The quantitative estimate of drug-likeness (QED) is 0.777. The maximum absolute atomic E-state index is 12.6. The van der Waals surface area contributed by atoms with Crippen LogP contribution in [-0.2, 0) is 18.4 Å². The second kappa shape index (κ2) is 7.03. The van der Waals surface area contributed by atoms with Crippen molar-refractivity contribution < 1.29 is 4.79 Å². The molecule has 0 aliphatic rings. The Morgan fingerprint density at radius 1 is 1.32 bits per heavy atom. The number of nitrogens with zero attached hydrogens (tertiary/aromatic N) is 4. The smallest absolute Gasteiger partial charge is 0.241 e. The minimum Gasteiger partial charge on any atom is -0.323 e. The lowest BCUT2D eigenvalue weighted by Crippen LogP contribution is -2.39. The molecule has 130 valence electrons. The number of hydrogen-bond acceptors (Lipinski definition) is 4. The normalized spacial score (nSPS) is 12.5. The molecular weight excluding hydrogens is 314 g/mol. The van der Waals surface area contributed by atoms with Crippen molar-refractivity contribution in [1.29, 1.82) is 0 Å². The number of rotatable bonds is 5. The molecule has 0 spiro atoms. The fraction of sp³-hybridized carbons (Fsp3) is 0.316. The first-order valence-electron chi connectivity index (χ1n) is 8.30. The summed E-state index contributed by atoms with van der Waals surface area (Å²) in [5, 5.41) is 8.26. The van der Waals surface area contributed by atoms with Gasteiger partial charge in [0.05, 0.1) is 23.6 Å². The van der Waals surface area contributed by atoms with Gasteiger partial charge in [-0.3, -0.25) is 14.4 Å². The van der Waals surface area contributed by atoms with Crippen molar-refractivity contribution in [3.05, 3.63) is 53.9 Å². The Morgan fingerprint density at radius 2 is 2.04 bits per heavy atom. The zero-order valence-corrected chi connectivity index (χ0v) is 15.0. The molecule has 3 aromatic rings. The molecule has 3 rings (SSSR count). The van der Waals surface area contributed by atoms with Gasteiger partial charge in [-0.1, -0.05) is 30.3 Å². The van der Waals surface area contributed by atoms with Gasteiger partial charge in [0.15, 0.2) is 5.65 Å². The van der Waals surface area contributed by atoms with E-state index < -0.39 is 0 Å². The van der Waals surface area contributed by atoms with Crippen molar-refractivity contribution in [3.8, 4) is 0 Å². The average molecular weight is 337 g/mol. The van der Waals surface area contributed by atoms with Crippen LogP contribution >= 0.6 is 0 Å². The highest BCUT2D eigenvalue weighted by Gasteiger charge is 2.19. The second-order valence-corrected chi connectivity index (χ2v) is 6.37. The first-order valence-corrected chi connectivity index (χ1v) is 8.30. The number of hydrogen-bond donors (Lipinski definition) is 1. The van der Waals surface area contributed by atoms with Gasteiger partial charge in [-0.25, -0.2) is 4.98 Å². The van der Waals surface area contributed by atoms with E-state index in [9.17, 15) is 4.79 Å². The Morgan fingerprint density at radius 3 is 2.76 bits per heavy atom. The first-order chi connectivity index (χ1) is 12.0. The standard InChI is InChI=1S/C19H23N5O/c1-13-17-10-16(11-20-18(17)24(4)22-13)21-19(25)14(2)23(3)12-15-8-6-5-7-9-15/h5-11,14H,12H2,1-4H3,(H,21,25)/t14-/m1/s1. The maximum atomic E-state index is 12.6. The topological polar surface area (TPSA) is 63.1 Å². The van der Waals surface area contributed by atoms with E-state index in [4.69, 9.17) is 0 Å². The Bertz CT molecular complexity index is 887. The van der Waals surface area contributed by atoms with Crippen molar-refractivity contribution >= 4 is 22.6 Å². The van der Waals surface area contributed by atoms with Crippen molar-refractivity contribution in [3.63, 3.8) is 0 Å². The highest BCUT2D eigenvalue weighted by molar-refractivity contribution is 5.96. The van der Waals surface area contributed by atoms with Crippen LogP contribution in [0.1, 0.15) is 18.2 Å². The summed E-state index contributed by atoms with van der Waals surface area (Å²) >= 11 is 0. The van der Waals surface area contributed by atoms with Crippen molar-refractivity contribution in [2.75, 3.05) is 12.4 Å². The monoisotopic (exact) mass is 337 g/mol. The van der Waals surface area contributed by atoms with E-state index in [0.29, 0.717) is 12.2 Å². The maximum Gasteiger partial charge on any atom is 0.241 e. The number of fused-ring (bicyclic) bond motifs is 1. The summed E-state index contributed by atoms with van der Waals surface area (Å²) in [4.78, 5) is 19.0. The molecule has 2 heterocycles. The number of benzene rings is 1. The summed E-state index contributed by atoms with van der Waals surface area (Å²) in [6, 6.07) is 11.8. The van der Waals surface area contributed by atoms with E-state index in [1.54, 1.807) is 10.9 Å². The van der Waals surface area contributed by atoms with Crippen LogP contribution in [-0.4, -0.2) is 38.7 Å². The second-order valence-electron chi connectivity index (χ2n) is 6.37. The Balaban J connectivity index is 1.69. The molecule has 1 atom stereocenters. The summed E-state index contributed by atoms with van der Waals surface area (Å²) < 4.78 is 1.74. The van der Waals surface area contributed by atoms with Gasteiger partial charge in [0.25, 0.3) is 0 Å². The summed E-state index contributed by atoms with van der Waals surface area (Å²) in [6.07, 6.45) is 1.67. The van der Waals surface area contributed by atoms with Gasteiger partial charge in [-0.2, -0.15) is 5.10 Å². The van der Waals surface area contributed by atoms with Gasteiger partial charge in [0, 0.05) is 19.0 Å². The zero-order chi connectivity index (χ0) is 18.0. The van der Waals surface area contributed by atoms with Crippen LogP contribution in [0.3, 0.4) is 0 Å². The molecule has 0 aliphatic carbocycles. The lowest BCUT2D eigenvalue weighted by atomic mass is 10.2. The number of carbonyl (C=O) groups is 1. The van der Waals surface area contributed by atoms with Crippen molar-refractivity contribution in [1.82, 2.24) is 19.7 Å². The largest absolute Gasteiger partial charge is 0.323 e. The molecule has 1 N–H and O–H groups in total. The predicted octanol–water partition coefficient (Wildman–Crippen LogP) is 2.74. The first kappa shape index (κ1) is 17.1. The number of aromatic nitrogens is 3. The molecule has 0 saturated heterocycles. The van der Waals surface area contributed by atoms with E-state index in [1.165, 1.54) is 5.56 Å². The summed E-state index contributed by atoms with van der Waals surface area (Å²) in [6.45, 7) is 4.56. The third-order valence-corrected chi connectivity index (χ3v) is 4.45. The van der Waals surface area contributed by atoms with Gasteiger partial charge >= 0.3 is 0 Å². The minimum atomic E-state index is -0.258. The number of pyridine rings is 1. The Kier molecular flexibility index (Phi) is 4.81. The third-order valence-electron chi connectivity index (χ3n) is 4.45. The molecule has 2 aromatic heterocycles. The van der Waals surface area contributed by atoms with Crippen LogP contribution in [0.5, 0.6) is 0 Å². The molecule has 6 heteroatoms. The van der Waals surface area contributed by atoms with Gasteiger partial charge in [0.2, 0.25) is 5.91 Å². The Labute approximate surface area is 147 Å². The van der Waals surface area contributed by atoms with Crippen LogP contribution in [0.25, 0.3) is 11.0 Å². The van der Waals surface area contributed by atoms with Crippen LogP contribution in [0, 0.1) is 6.92 Å². The van der Waals surface area contributed by atoms with Crippen LogP contribution < -0.4 is 5.32 Å². The highest BCUT2D eigenvalue weighted by Crippen LogP contribution is 2.19.